The van der Waals surface area contributed by atoms with Gasteiger partial charge in [0.15, 0.2) is 5.76 Å². The molecule has 1 aromatic carbocycles. The Bertz CT molecular complexity index is 682. The van der Waals surface area contributed by atoms with E-state index in [1.165, 1.54) is 0 Å². The van der Waals surface area contributed by atoms with Crippen molar-refractivity contribution in [2.75, 3.05) is 13.6 Å². The summed E-state index contributed by atoms with van der Waals surface area (Å²) in [5.74, 6) is 0.302. The van der Waals surface area contributed by atoms with E-state index in [9.17, 15) is 9.90 Å². The van der Waals surface area contributed by atoms with E-state index in [0.29, 0.717) is 22.9 Å². The Morgan fingerprint density at radius 1 is 1.36 bits per heavy atom. The van der Waals surface area contributed by atoms with Crippen LogP contribution in [-0.4, -0.2) is 35.6 Å². The molecule has 3 rings (SSSR count). The van der Waals surface area contributed by atoms with Crippen LogP contribution in [0.1, 0.15) is 36.2 Å². The quantitative estimate of drug-likeness (QED) is 0.937. The van der Waals surface area contributed by atoms with Crippen molar-refractivity contribution in [1.82, 2.24) is 4.90 Å². The van der Waals surface area contributed by atoms with Gasteiger partial charge in [0.2, 0.25) is 0 Å². The van der Waals surface area contributed by atoms with Crippen molar-refractivity contribution in [3.8, 4) is 0 Å². The van der Waals surface area contributed by atoms with Crippen LogP contribution in [0.2, 0.25) is 5.02 Å². The number of nitrogens with zero attached hydrogens (tertiary/aromatic N) is 1. The number of aliphatic hydroxyl groups is 1. The molecule has 2 atom stereocenters. The Morgan fingerprint density at radius 3 is 2.91 bits per heavy atom. The summed E-state index contributed by atoms with van der Waals surface area (Å²) in [6.45, 7) is 0.553. The van der Waals surface area contributed by atoms with Crippen LogP contribution in [0.4, 0.5) is 0 Å². The molecule has 1 heterocycles. The lowest BCUT2D eigenvalue weighted by Gasteiger charge is -2.30. The number of rotatable bonds is 3. The van der Waals surface area contributed by atoms with Gasteiger partial charge in [0.1, 0.15) is 5.58 Å². The largest absolute Gasteiger partial charge is 0.451 e. The highest BCUT2D eigenvalue weighted by Crippen LogP contribution is 2.27. The molecule has 5 heteroatoms. The molecule has 0 spiro atoms. The number of furan rings is 1. The Morgan fingerprint density at radius 2 is 2.14 bits per heavy atom. The summed E-state index contributed by atoms with van der Waals surface area (Å²) in [6, 6.07) is 7.00. The molecule has 1 fully saturated rings. The topological polar surface area (TPSA) is 53.7 Å². The van der Waals surface area contributed by atoms with Crippen molar-refractivity contribution in [2.45, 2.75) is 31.8 Å². The van der Waals surface area contributed by atoms with E-state index in [2.05, 4.69) is 0 Å². The molecule has 1 N–H and O–H groups in total. The summed E-state index contributed by atoms with van der Waals surface area (Å²) in [5.41, 5.74) is 0.652. The molecule has 2 aromatic rings. The smallest absolute Gasteiger partial charge is 0.289 e. The first-order valence-corrected chi connectivity index (χ1v) is 8.05. The molecule has 0 bridgehead atoms. The van der Waals surface area contributed by atoms with Gasteiger partial charge in [0, 0.05) is 29.9 Å². The maximum atomic E-state index is 12.5. The molecule has 1 aromatic heterocycles. The van der Waals surface area contributed by atoms with E-state index < -0.39 is 0 Å². The zero-order valence-electron chi connectivity index (χ0n) is 12.6. The molecule has 1 saturated carbocycles. The van der Waals surface area contributed by atoms with Gasteiger partial charge in [-0.15, -0.1) is 0 Å². The molecular weight excluding hydrogens is 302 g/mol. The van der Waals surface area contributed by atoms with Gasteiger partial charge in [-0.05, 0) is 37.1 Å². The van der Waals surface area contributed by atoms with Gasteiger partial charge >= 0.3 is 0 Å². The average molecular weight is 322 g/mol. The first-order chi connectivity index (χ1) is 10.5. The Hall–Kier alpha value is -1.52. The van der Waals surface area contributed by atoms with Crippen molar-refractivity contribution in [2.24, 2.45) is 5.92 Å². The summed E-state index contributed by atoms with van der Waals surface area (Å²) in [6.07, 6.45) is 3.68. The van der Waals surface area contributed by atoms with E-state index in [-0.39, 0.29) is 17.9 Å². The second kappa shape index (κ2) is 6.31. The Balaban J connectivity index is 1.73. The van der Waals surface area contributed by atoms with Gasteiger partial charge in [-0.3, -0.25) is 4.79 Å². The van der Waals surface area contributed by atoms with E-state index in [4.69, 9.17) is 16.0 Å². The summed E-state index contributed by atoms with van der Waals surface area (Å²) >= 11 is 5.95. The molecule has 0 aliphatic heterocycles. The predicted octanol–water partition coefficient (Wildman–Crippen LogP) is 3.71. The zero-order chi connectivity index (χ0) is 15.7. The molecule has 4 nitrogen and oxygen atoms in total. The zero-order valence-corrected chi connectivity index (χ0v) is 13.3. The first kappa shape index (κ1) is 15.4. The standard InChI is InChI=1S/C17H20ClNO3/c1-19(10-11-4-2-3-5-14(11)20)17(21)16-9-12-8-13(18)6-7-15(12)22-16/h6-9,11,14,20H,2-5,10H2,1H3. The summed E-state index contributed by atoms with van der Waals surface area (Å²) in [5, 5.41) is 11.5. The molecule has 0 saturated heterocycles. The average Bonchev–Trinajstić information content (AvgIpc) is 2.91. The van der Waals surface area contributed by atoms with Crippen LogP contribution in [0.5, 0.6) is 0 Å². The van der Waals surface area contributed by atoms with Crippen LogP contribution in [-0.2, 0) is 0 Å². The van der Waals surface area contributed by atoms with E-state index in [1.54, 1.807) is 36.2 Å². The fourth-order valence-corrected chi connectivity index (χ4v) is 3.32. The van der Waals surface area contributed by atoms with Gasteiger partial charge in [0.05, 0.1) is 6.10 Å². The normalized spacial score (nSPS) is 22.0. The maximum Gasteiger partial charge on any atom is 0.289 e. The van der Waals surface area contributed by atoms with Gasteiger partial charge in [-0.25, -0.2) is 0 Å². The molecule has 2 unspecified atom stereocenters. The van der Waals surface area contributed by atoms with E-state index in [0.717, 1.165) is 31.1 Å². The van der Waals surface area contributed by atoms with Crippen LogP contribution < -0.4 is 0 Å². The van der Waals surface area contributed by atoms with Crippen molar-refractivity contribution in [1.29, 1.82) is 0 Å². The number of carbonyl (C=O) groups excluding carboxylic acids is 1. The minimum atomic E-state index is -0.307. The van der Waals surface area contributed by atoms with Gasteiger partial charge in [0.25, 0.3) is 5.91 Å². The van der Waals surface area contributed by atoms with Crippen molar-refractivity contribution >= 4 is 28.5 Å². The van der Waals surface area contributed by atoms with E-state index >= 15 is 0 Å². The summed E-state index contributed by atoms with van der Waals surface area (Å²) < 4.78 is 5.61. The number of amides is 1. The maximum absolute atomic E-state index is 12.5. The van der Waals surface area contributed by atoms with Crippen molar-refractivity contribution in [3.63, 3.8) is 0 Å². The predicted molar refractivity (Wildman–Crippen MR) is 86.1 cm³/mol. The summed E-state index contributed by atoms with van der Waals surface area (Å²) in [7, 11) is 1.75. The Kier molecular flexibility index (Phi) is 4.41. The van der Waals surface area contributed by atoms with Gasteiger partial charge in [-0.1, -0.05) is 24.4 Å². The number of hydrogen-bond acceptors (Lipinski definition) is 3. The Labute approximate surface area is 134 Å². The third-order valence-corrected chi connectivity index (χ3v) is 4.65. The lowest BCUT2D eigenvalue weighted by atomic mass is 9.86. The van der Waals surface area contributed by atoms with Crippen molar-refractivity contribution < 1.29 is 14.3 Å². The van der Waals surface area contributed by atoms with Crippen LogP contribution in [0.3, 0.4) is 0 Å². The second-order valence-electron chi connectivity index (χ2n) is 6.09. The second-order valence-corrected chi connectivity index (χ2v) is 6.53. The van der Waals surface area contributed by atoms with Crippen LogP contribution >= 0.6 is 11.6 Å². The van der Waals surface area contributed by atoms with Crippen molar-refractivity contribution in [3.05, 3.63) is 35.0 Å². The van der Waals surface area contributed by atoms with E-state index in [1.807, 2.05) is 0 Å². The first-order valence-electron chi connectivity index (χ1n) is 7.67. The highest BCUT2D eigenvalue weighted by Gasteiger charge is 2.27. The van der Waals surface area contributed by atoms with Gasteiger partial charge in [-0.2, -0.15) is 0 Å². The van der Waals surface area contributed by atoms with Crippen LogP contribution in [0, 0.1) is 5.92 Å². The fraction of sp³-hybridized carbons (Fsp3) is 0.471. The fourth-order valence-electron chi connectivity index (χ4n) is 3.14. The number of aliphatic hydroxyl groups excluding tert-OH is 1. The number of benzene rings is 1. The minimum Gasteiger partial charge on any atom is -0.451 e. The molecule has 1 aliphatic carbocycles. The molecule has 0 radical (unpaired) electrons. The number of fused-ring (bicyclic) bond motifs is 1. The number of carbonyl (C=O) groups is 1. The molecular formula is C17H20ClNO3. The molecule has 1 aliphatic rings. The van der Waals surface area contributed by atoms with Gasteiger partial charge < -0.3 is 14.4 Å². The number of hydrogen-bond donors (Lipinski definition) is 1. The number of halogens is 1. The highest BCUT2D eigenvalue weighted by molar-refractivity contribution is 6.31. The lowest BCUT2D eigenvalue weighted by Crippen LogP contribution is -2.37. The monoisotopic (exact) mass is 321 g/mol. The van der Waals surface area contributed by atoms with Crippen LogP contribution in [0.15, 0.2) is 28.7 Å². The van der Waals surface area contributed by atoms with Crippen LogP contribution in [0.25, 0.3) is 11.0 Å². The molecule has 1 amide bonds. The lowest BCUT2D eigenvalue weighted by molar-refractivity contribution is 0.0438. The highest BCUT2D eigenvalue weighted by atomic mass is 35.5. The summed E-state index contributed by atoms with van der Waals surface area (Å²) in [4.78, 5) is 14.1. The third-order valence-electron chi connectivity index (χ3n) is 4.41. The SMILES string of the molecule is CN(CC1CCCCC1O)C(=O)c1cc2cc(Cl)ccc2o1. The molecule has 22 heavy (non-hydrogen) atoms. The minimum absolute atomic E-state index is 0.154. The molecule has 118 valence electrons. The third kappa shape index (κ3) is 3.13.